The fourth-order valence-corrected chi connectivity index (χ4v) is 2.94. The molecular weight excluding hydrogens is 262 g/mol. The van der Waals surface area contributed by atoms with Crippen LogP contribution in [0.3, 0.4) is 0 Å². The highest BCUT2D eigenvalue weighted by Crippen LogP contribution is 2.29. The van der Waals surface area contributed by atoms with Gasteiger partial charge in [-0.3, -0.25) is 0 Å². The lowest BCUT2D eigenvalue weighted by atomic mass is 10.0. The molecule has 0 saturated carbocycles. The van der Waals surface area contributed by atoms with Crippen molar-refractivity contribution in [3.63, 3.8) is 0 Å². The Morgan fingerprint density at radius 2 is 2.37 bits per heavy atom. The highest BCUT2D eigenvalue weighted by Gasteiger charge is 2.22. The largest absolute Gasteiger partial charge is 0.409 e. The Balaban J connectivity index is 2.13. The van der Waals surface area contributed by atoms with Gasteiger partial charge < -0.3 is 15.8 Å². The predicted octanol–water partition coefficient (Wildman–Crippen LogP) is 3.06. The standard InChI is InChI=1S/C14H20ClN3O/c1-2-3-10-6-7-18(9-10)11-4-5-12(13(15)8-11)14(16)17-19/h4-5,8,10,19H,2-3,6-7,9H2,1H3,(H2,16,17). The van der Waals surface area contributed by atoms with E-state index >= 15 is 0 Å². The van der Waals surface area contributed by atoms with Crippen molar-refractivity contribution >= 4 is 23.1 Å². The normalized spacial score (nSPS) is 20.0. The molecule has 1 aromatic carbocycles. The van der Waals surface area contributed by atoms with E-state index in [0.29, 0.717) is 10.6 Å². The first-order chi connectivity index (χ1) is 9.15. The van der Waals surface area contributed by atoms with Gasteiger partial charge in [-0.25, -0.2) is 0 Å². The van der Waals surface area contributed by atoms with Gasteiger partial charge in [0, 0.05) is 24.3 Å². The maximum atomic E-state index is 8.68. The zero-order valence-electron chi connectivity index (χ0n) is 11.1. The summed E-state index contributed by atoms with van der Waals surface area (Å²) < 4.78 is 0. The van der Waals surface area contributed by atoms with Gasteiger partial charge in [-0.2, -0.15) is 0 Å². The lowest BCUT2D eigenvalue weighted by Gasteiger charge is -2.19. The van der Waals surface area contributed by atoms with Gasteiger partial charge in [-0.05, 0) is 37.0 Å². The van der Waals surface area contributed by atoms with Crippen molar-refractivity contribution < 1.29 is 5.21 Å². The number of nitrogens with two attached hydrogens (primary N) is 1. The third-order valence-electron chi connectivity index (χ3n) is 3.68. The molecule has 1 unspecified atom stereocenters. The van der Waals surface area contributed by atoms with Gasteiger partial charge in [0.25, 0.3) is 0 Å². The van der Waals surface area contributed by atoms with Crippen LogP contribution in [-0.2, 0) is 0 Å². The molecule has 1 aliphatic rings. The number of hydrogen-bond donors (Lipinski definition) is 2. The third-order valence-corrected chi connectivity index (χ3v) is 4.00. The SMILES string of the molecule is CCCC1CCN(c2ccc(/C(N)=N/O)c(Cl)c2)C1. The summed E-state index contributed by atoms with van der Waals surface area (Å²) in [6.07, 6.45) is 3.77. The number of oxime groups is 1. The minimum Gasteiger partial charge on any atom is -0.409 e. The summed E-state index contributed by atoms with van der Waals surface area (Å²) in [6, 6.07) is 5.68. The molecule has 0 radical (unpaired) electrons. The average molecular weight is 282 g/mol. The second-order valence-corrected chi connectivity index (χ2v) is 5.45. The van der Waals surface area contributed by atoms with E-state index in [0.717, 1.165) is 24.7 Å². The summed E-state index contributed by atoms with van der Waals surface area (Å²) in [5.41, 5.74) is 7.24. The molecule has 0 amide bonds. The van der Waals surface area contributed by atoms with Gasteiger partial charge in [0.15, 0.2) is 5.84 Å². The Bertz CT molecular complexity index is 476. The minimum absolute atomic E-state index is 0.0434. The molecule has 1 fully saturated rings. The molecule has 104 valence electrons. The highest BCUT2D eigenvalue weighted by atomic mass is 35.5. The number of rotatable bonds is 4. The summed E-state index contributed by atoms with van der Waals surface area (Å²) in [7, 11) is 0. The monoisotopic (exact) mass is 281 g/mol. The molecule has 1 aliphatic heterocycles. The van der Waals surface area contributed by atoms with Crippen molar-refractivity contribution in [2.75, 3.05) is 18.0 Å². The van der Waals surface area contributed by atoms with Crippen LogP contribution in [0.1, 0.15) is 31.7 Å². The highest BCUT2D eigenvalue weighted by molar-refractivity contribution is 6.34. The fourth-order valence-electron chi connectivity index (χ4n) is 2.67. The molecule has 1 atom stereocenters. The van der Waals surface area contributed by atoms with E-state index in [2.05, 4.69) is 17.0 Å². The molecule has 4 nitrogen and oxygen atoms in total. The molecule has 0 spiro atoms. The van der Waals surface area contributed by atoms with E-state index in [1.807, 2.05) is 12.1 Å². The fraction of sp³-hybridized carbons (Fsp3) is 0.500. The van der Waals surface area contributed by atoms with Crippen LogP contribution in [0.15, 0.2) is 23.4 Å². The van der Waals surface area contributed by atoms with Crippen LogP contribution in [0.25, 0.3) is 0 Å². The van der Waals surface area contributed by atoms with Gasteiger partial charge in [0.2, 0.25) is 0 Å². The van der Waals surface area contributed by atoms with Gasteiger partial charge in [0.1, 0.15) is 0 Å². The summed E-state index contributed by atoms with van der Waals surface area (Å²) in [4.78, 5) is 2.35. The van der Waals surface area contributed by atoms with Crippen molar-refractivity contribution in [2.45, 2.75) is 26.2 Å². The van der Waals surface area contributed by atoms with E-state index in [4.69, 9.17) is 22.5 Å². The molecule has 5 heteroatoms. The maximum absolute atomic E-state index is 8.68. The molecule has 1 aromatic rings. The molecule has 1 saturated heterocycles. The van der Waals surface area contributed by atoms with Crippen molar-refractivity contribution in [1.82, 2.24) is 0 Å². The Hall–Kier alpha value is -1.42. The number of halogens is 1. The first kappa shape index (κ1) is 14.0. The molecule has 0 bridgehead atoms. The van der Waals surface area contributed by atoms with E-state index in [-0.39, 0.29) is 5.84 Å². The topological polar surface area (TPSA) is 61.8 Å². The Morgan fingerprint density at radius 3 is 3.00 bits per heavy atom. The first-order valence-corrected chi connectivity index (χ1v) is 7.06. The maximum Gasteiger partial charge on any atom is 0.171 e. The van der Waals surface area contributed by atoms with Gasteiger partial charge in [0.05, 0.1) is 5.02 Å². The minimum atomic E-state index is 0.0434. The number of benzene rings is 1. The third kappa shape index (κ3) is 3.13. The average Bonchev–Trinajstić information content (AvgIpc) is 2.87. The van der Waals surface area contributed by atoms with Crippen LogP contribution in [0, 0.1) is 5.92 Å². The molecule has 0 aliphatic carbocycles. The van der Waals surface area contributed by atoms with Crippen molar-refractivity contribution in [3.8, 4) is 0 Å². The summed E-state index contributed by atoms with van der Waals surface area (Å²) in [5.74, 6) is 0.828. The van der Waals surface area contributed by atoms with Gasteiger partial charge in [-0.15, -0.1) is 0 Å². The second-order valence-electron chi connectivity index (χ2n) is 5.04. The van der Waals surface area contributed by atoms with E-state index in [1.54, 1.807) is 6.07 Å². The summed E-state index contributed by atoms with van der Waals surface area (Å²) in [5, 5.41) is 12.2. The predicted molar refractivity (Wildman–Crippen MR) is 79.2 cm³/mol. The van der Waals surface area contributed by atoms with Crippen molar-refractivity contribution in [1.29, 1.82) is 0 Å². The number of hydrogen-bond acceptors (Lipinski definition) is 3. The molecule has 2 rings (SSSR count). The molecule has 1 heterocycles. The Kier molecular flexibility index (Phi) is 4.53. The molecule has 19 heavy (non-hydrogen) atoms. The molecule has 0 aromatic heterocycles. The number of anilines is 1. The quantitative estimate of drug-likeness (QED) is 0.386. The van der Waals surface area contributed by atoms with Gasteiger partial charge >= 0.3 is 0 Å². The van der Waals surface area contributed by atoms with Crippen LogP contribution in [0.5, 0.6) is 0 Å². The van der Waals surface area contributed by atoms with Crippen LogP contribution in [-0.4, -0.2) is 24.1 Å². The second kappa shape index (κ2) is 6.15. The van der Waals surface area contributed by atoms with E-state index in [1.165, 1.54) is 19.3 Å². The van der Waals surface area contributed by atoms with Crippen LogP contribution < -0.4 is 10.6 Å². The van der Waals surface area contributed by atoms with Crippen LogP contribution >= 0.6 is 11.6 Å². The van der Waals surface area contributed by atoms with Crippen molar-refractivity contribution in [2.24, 2.45) is 16.8 Å². The smallest absolute Gasteiger partial charge is 0.171 e. The molecule has 3 N–H and O–H groups in total. The summed E-state index contributed by atoms with van der Waals surface area (Å²) in [6.45, 7) is 4.39. The number of nitrogens with zero attached hydrogens (tertiary/aromatic N) is 2. The Labute approximate surface area is 118 Å². The first-order valence-electron chi connectivity index (χ1n) is 6.68. The molecular formula is C14H20ClN3O. The van der Waals surface area contributed by atoms with Crippen molar-refractivity contribution in [3.05, 3.63) is 28.8 Å². The van der Waals surface area contributed by atoms with E-state index in [9.17, 15) is 0 Å². The lowest BCUT2D eigenvalue weighted by molar-refractivity contribution is 0.318. The van der Waals surface area contributed by atoms with Gasteiger partial charge in [-0.1, -0.05) is 30.1 Å². The van der Waals surface area contributed by atoms with Crippen LogP contribution in [0.2, 0.25) is 5.02 Å². The van der Waals surface area contributed by atoms with Crippen LogP contribution in [0.4, 0.5) is 5.69 Å². The Morgan fingerprint density at radius 1 is 1.58 bits per heavy atom. The zero-order chi connectivity index (χ0) is 13.8. The van der Waals surface area contributed by atoms with E-state index < -0.39 is 0 Å². The zero-order valence-corrected chi connectivity index (χ0v) is 11.9. The number of amidine groups is 1. The summed E-state index contributed by atoms with van der Waals surface area (Å²) >= 11 is 6.18. The lowest BCUT2D eigenvalue weighted by Crippen LogP contribution is -2.20.